The average Bonchev–Trinajstić information content (AvgIpc) is 2.77. The van der Waals surface area contributed by atoms with Crippen LogP contribution in [0.3, 0.4) is 0 Å². The van der Waals surface area contributed by atoms with Gasteiger partial charge in [-0.05, 0) is 12.3 Å². The number of urea groups is 1. The van der Waals surface area contributed by atoms with E-state index in [1.54, 1.807) is 0 Å². The summed E-state index contributed by atoms with van der Waals surface area (Å²) >= 11 is 0. The first-order chi connectivity index (χ1) is 8.04. The van der Waals surface area contributed by atoms with Crippen LogP contribution in [0.5, 0.6) is 0 Å². The molecule has 1 heterocycles. The zero-order valence-electron chi connectivity index (χ0n) is 10.5. The van der Waals surface area contributed by atoms with E-state index in [4.69, 9.17) is 4.74 Å². The average molecular weight is 244 g/mol. The first-order valence-corrected chi connectivity index (χ1v) is 5.77. The van der Waals surface area contributed by atoms with Crippen LogP contribution >= 0.6 is 0 Å². The minimum absolute atomic E-state index is 0.0203. The lowest BCUT2D eigenvalue weighted by Crippen LogP contribution is -2.51. The molecule has 0 aliphatic carbocycles. The van der Waals surface area contributed by atoms with E-state index in [2.05, 4.69) is 15.4 Å². The standard InChI is InChI=1S/C11H20N2O4/c1-7(2)9(10(14)16-3)13-11(15)12-8-4-5-17-6-8/h7-9H,4-6H2,1-3H3,(H2,12,13,15). The molecule has 6 nitrogen and oxygen atoms in total. The van der Waals surface area contributed by atoms with Crippen LogP contribution in [0.15, 0.2) is 0 Å². The second-order valence-corrected chi connectivity index (χ2v) is 4.42. The molecule has 0 aromatic heterocycles. The third-order valence-corrected chi connectivity index (χ3v) is 2.67. The molecule has 1 saturated heterocycles. The number of amides is 2. The Kier molecular flexibility index (Phi) is 5.21. The lowest BCUT2D eigenvalue weighted by atomic mass is 10.1. The van der Waals surface area contributed by atoms with Gasteiger partial charge in [-0.3, -0.25) is 0 Å². The summed E-state index contributed by atoms with van der Waals surface area (Å²) < 4.78 is 9.78. The van der Waals surface area contributed by atoms with Crippen LogP contribution < -0.4 is 10.6 Å². The molecule has 6 heteroatoms. The van der Waals surface area contributed by atoms with Crippen LogP contribution in [0, 0.1) is 5.92 Å². The van der Waals surface area contributed by atoms with Crippen LogP contribution in [0.2, 0.25) is 0 Å². The minimum Gasteiger partial charge on any atom is -0.467 e. The number of carbonyl (C=O) groups is 2. The molecule has 98 valence electrons. The van der Waals surface area contributed by atoms with Crippen molar-refractivity contribution in [3.63, 3.8) is 0 Å². The number of esters is 1. The SMILES string of the molecule is COC(=O)C(NC(=O)NC1CCOC1)C(C)C. The van der Waals surface area contributed by atoms with Gasteiger partial charge in [0.2, 0.25) is 0 Å². The Bertz CT molecular complexity index is 275. The molecule has 1 aliphatic rings. The van der Waals surface area contributed by atoms with Crippen molar-refractivity contribution in [3.05, 3.63) is 0 Å². The Morgan fingerprint density at radius 2 is 2.12 bits per heavy atom. The van der Waals surface area contributed by atoms with E-state index >= 15 is 0 Å². The van der Waals surface area contributed by atoms with Gasteiger partial charge in [0.05, 0.1) is 19.8 Å². The van der Waals surface area contributed by atoms with Crippen LogP contribution in [0.4, 0.5) is 4.79 Å². The van der Waals surface area contributed by atoms with Crippen molar-refractivity contribution in [2.24, 2.45) is 5.92 Å². The number of hydrogen-bond acceptors (Lipinski definition) is 4. The van der Waals surface area contributed by atoms with E-state index < -0.39 is 12.0 Å². The Hall–Kier alpha value is -1.30. The number of rotatable bonds is 4. The zero-order valence-corrected chi connectivity index (χ0v) is 10.5. The smallest absolute Gasteiger partial charge is 0.328 e. The Labute approximate surface area is 101 Å². The Balaban J connectivity index is 2.43. The van der Waals surface area contributed by atoms with Gasteiger partial charge in [-0.15, -0.1) is 0 Å². The van der Waals surface area contributed by atoms with Crippen molar-refractivity contribution in [1.29, 1.82) is 0 Å². The molecule has 0 saturated carbocycles. The lowest BCUT2D eigenvalue weighted by molar-refractivity contribution is -0.143. The first-order valence-electron chi connectivity index (χ1n) is 5.77. The van der Waals surface area contributed by atoms with Gasteiger partial charge in [-0.25, -0.2) is 9.59 Å². The van der Waals surface area contributed by atoms with E-state index in [-0.39, 0.29) is 18.0 Å². The highest BCUT2D eigenvalue weighted by molar-refractivity contribution is 5.83. The molecule has 2 atom stereocenters. The zero-order chi connectivity index (χ0) is 12.8. The maximum Gasteiger partial charge on any atom is 0.328 e. The molecular weight excluding hydrogens is 224 g/mol. The molecule has 0 aromatic rings. The third-order valence-electron chi connectivity index (χ3n) is 2.67. The molecule has 1 rings (SSSR count). The fourth-order valence-corrected chi connectivity index (χ4v) is 1.64. The summed E-state index contributed by atoms with van der Waals surface area (Å²) in [5.74, 6) is -0.453. The van der Waals surface area contributed by atoms with Crippen molar-refractivity contribution >= 4 is 12.0 Å². The van der Waals surface area contributed by atoms with E-state index in [0.29, 0.717) is 13.2 Å². The largest absolute Gasteiger partial charge is 0.467 e. The summed E-state index contributed by atoms with van der Waals surface area (Å²) in [6, 6.07) is -0.951. The van der Waals surface area contributed by atoms with Crippen LogP contribution in [0.1, 0.15) is 20.3 Å². The van der Waals surface area contributed by atoms with Crippen molar-refractivity contribution in [2.75, 3.05) is 20.3 Å². The van der Waals surface area contributed by atoms with Gasteiger partial charge in [-0.2, -0.15) is 0 Å². The molecule has 0 bridgehead atoms. The van der Waals surface area contributed by atoms with Crippen LogP contribution in [-0.4, -0.2) is 44.4 Å². The van der Waals surface area contributed by atoms with Crippen molar-refractivity contribution in [2.45, 2.75) is 32.4 Å². The van der Waals surface area contributed by atoms with Crippen molar-refractivity contribution in [3.8, 4) is 0 Å². The van der Waals surface area contributed by atoms with Gasteiger partial charge in [0, 0.05) is 6.61 Å². The molecule has 0 radical (unpaired) electrons. The van der Waals surface area contributed by atoms with Gasteiger partial charge >= 0.3 is 12.0 Å². The number of carbonyl (C=O) groups excluding carboxylic acids is 2. The monoisotopic (exact) mass is 244 g/mol. The molecule has 2 amide bonds. The van der Waals surface area contributed by atoms with Gasteiger partial charge in [0.25, 0.3) is 0 Å². The topological polar surface area (TPSA) is 76.7 Å². The quantitative estimate of drug-likeness (QED) is 0.696. The van der Waals surface area contributed by atoms with Crippen LogP contribution in [0.25, 0.3) is 0 Å². The van der Waals surface area contributed by atoms with E-state index in [9.17, 15) is 9.59 Å². The summed E-state index contributed by atoms with van der Waals surface area (Å²) in [4.78, 5) is 23.1. The van der Waals surface area contributed by atoms with Gasteiger partial charge in [-0.1, -0.05) is 13.8 Å². The second kappa shape index (κ2) is 6.44. The Morgan fingerprint density at radius 3 is 2.59 bits per heavy atom. The second-order valence-electron chi connectivity index (χ2n) is 4.42. The fourth-order valence-electron chi connectivity index (χ4n) is 1.64. The van der Waals surface area contributed by atoms with Gasteiger partial charge in [0.1, 0.15) is 6.04 Å². The molecule has 0 aromatic carbocycles. The highest BCUT2D eigenvalue weighted by atomic mass is 16.5. The number of ether oxygens (including phenoxy) is 2. The predicted molar refractivity (Wildman–Crippen MR) is 61.5 cm³/mol. The summed E-state index contributed by atoms with van der Waals surface area (Å²) in [5.41, 5.74) is 0. The number of nitrogens with one attached hydrogen (secondary N) is 2. The molecule has 2 unspecified atom stereocenters. The molecule has 2 N–H and O–H groups in total. The van der Waals surface area contributed by atoms with Gasteiger partial charge in [0.15, 0.2) is 0 Å². The number of hydrogen-bond donors (Lipinski definition) is 2. The molecule has 1 fully saturated rings. The summed E-state index contributed by atoms with van der Waals surface area (Å²) in [6.07, 6.45) is 0.804. The molecule has 0 spiro atoms. The van der Waals surface area contributed by atoms with Gasteiger partial charge < -0.3 is 20.1 Å². The highest BCUT2D eigenvalue weighted by Crippen LogP contribution is 2.05. The van der Waals surface area contributed by atoms with E-state index in [1.165, 1.54) is 7.11 Å². The molecular formula is C11H20N2O4. The van der Waals surface area contributed by atoms with E-state index in [1.807, 2.05) is 13.8 Å². The fraction of sp³-hybridized carbons (Fsp3) is 0.818. The number of methoxy groups -OCH3 is 1. The minimum atomic E-state index is -0.623. The molecule has 1 aliphatic heterocycles. The highest BCUT2D eigenvalue weighted by Gasteiger charge is 2.26. The third kappa shape index (κ3) is 4.22. The normalized spacial score (nSPS) is 21.1. The lowest BCUT2D eigenvalue weighted by Gasteiger charge is -2.21. The maximum absolute atomic E-state index is 11.6. The summed E-state index contributed by atoms with van der Waals surface area (Å²) in [7, 11) is 1.31. The molecule has 17 heavy (non-hydrogen) atoms. The van der Waals surface area contributed by atoms with E-state index in [0.717, 1.165) is 6.42 Å². The first kappa shape index (κ1) is 13.8. The maximum atomic E-state index is 11.6. The summed E-state index contributed by atoms with van der Waals surface area (Å²) in [6.45, 7) is 4.88. The van der Waals surface area contributed by atoms with Crippen LogP contribution in [-0.2, 0) is 14.3 Å². The van der Waals surface area contributed by atoms with Crippen molar-refractivity contribution < 1.29 is 19.1 Å². The van der Waals surface area contributed by atoms with Crippen molar-refractivity contribution in [1.82, 2.24) is 10.6 Å². The summed E-state index contributed by atoms with van der Waals surface area (Å²) in [5, 5.41) is 5.37. The predicted octanol–water partition coefficient (Wildman–Crippen LogP) is 0.272. The Morgan fingerprint density at radius 1 is 1.41 bits per heavy atom.